The van der Waals surface area contributed by atoms with E-state index in [0.29, 0.717) is 12.8 Å². The number of carbonyl (C=O) groups excluding carboxylic acids is 1. The quantitative estimate of drug-likeness (QED) is 0.107. The molecule has 0 fully saturated rings. The standard InChI is InChI=1S/C17H19N5O9S/c18-21-20-10-4-5-11(13(9-10)31-32(28,29)30)16(25)19-8-2-1-3-12(17(26)27)22-14(23)6-7-15(22)24/h4-7,9,12,23-24H,1-3,8H2,(H,19,25)(H,26,27)(H,28,29,30). The minimum atomic E-state index is -4.95. The second-order valence-electron chi connectivity index (χ2n) is 6.41. The largest absolute Gasteiger partial charge is 0.494 e. The molecule has 2 rings (SSSR count). The van der Waals surface area contributed by atoms with Gasteiger partial charge in [0, 0.05) is 29.3 Å². The third-order valence-electron chi connectivity index (χ3n) is 4.23. The molecule has 15 heteroatoms. The average Bonchev–Trinajstić information content (AvgIpc) is 3.01. The van der Waals surface area contributed by atoms with E-state index >= 15 is 0 Å². The molecular formula is C17H19N5O9S. The van der Waals surface area contributed by atoms with E-state index in [9.17, 15) is 33.3 Å². The van der Waals surface area contributed by atoms with Crippen molar-refractivity contribution in [3.63, 3.8) is 0 Å². The fourth-order valence-corrected chi connectivity index (χ4v) is 3.23. The zero-order valence-electron chi connectivity index (χ0n) is 16.3. The molecule has 1 amide bonds. The van der Waals surface area contributed by atoms with Gasteiger partial charge in [-0.25, -0.2) is 4.79 Å². The van der Waals surface area contributed by atoms with Gasteiger partial charge in [0.2, 0.25) is 0 Å². The lowest BCUT2D eigenvalue weighted by molar-refractivity contribution is -0.141. The summed E-state index contributed by atoms with van der Waals surface area (Å²) >= 11 is 0. The maximum absolute atomic E-state index is 12.4. The highest BCUT2D eigenvalue weighted by Gasteiger charge is 2.24. The first-order valence-corrected chi connectivity index (χ1v) is 10.4. The molecule has 0 spiro atoms. The maximum atomic E-state index is 12.4. The number of hydrogen-bond acceptors (Lipinski definition) is 8. The summed E-state index contributed by atoms with van der Waals surface area (Å²) in [5.74, 6) is -3.38. The molecule has 1 unspecified atom stereocenters. The van der Waals surface area contributed by atoms with Gasteiger partial charge in [-0.1, -0.05) is 11.2 Å². The summed E-state index contributed by atoms with van der Waals surface area (Å²) in [7, 11) is -4.95. The summed E-state index contributed by atoms with van der Waals surface area (Å²) in [6, 6.07) is 4.42. The smallest absolute Gasteiger partial charge is 0.446 e. The van der Waals surface area contributed by atoms with Crippen LogP contribution in [-0.2, 0) is 15.2 Å². The van der Waals surface area contributed by atoms with E-state index in [-0.39, 0.29) is 24.2 Å². The molecule has 0 aliphatic carbocycles. The summed E-state index contributed by atoms with van der Waals surface area (Å²) < 4.78 is 36.2. The number of amides is 1. The van der Waals surface area contributed by atoms with Crippen molar-refractivity contribution in [2.75, 3.05) is 6.54 Å². The molecule has 0 bridgehead atoms. The Bertz CT molecular complexity index is 1140. The first-order valence-electron chi connectivity index (χ1n) is 8.99. The van der Waals surface area contributed by atoms with E-state index in [1.54, 1.807) is 0 Å². The Hall–Kier alpha value is -3.94. The molecule has 0 radical (unpaired) electrons. The average molecular weight is 469 g/mol. The summed E-state index contributed by atoms with van der Waals surface area (Å²) in [6.45, 7) is 0.0677. The van der Waals surface area contributed by atoms with Gasteiger partial charge >= 0.3 is 16.4 Å². The number of aromatic hydroxyl groups is 2. The van der Waals surface area contributed by atoms with Crippen LogP contribution in [0.5, 0.6) is 17.5 Å². The molecule has 0 saturated carbocycles. The molecule has 1 aromatic heterocycles. The number of nitrogens with one attached hydrogen (secondary N) is 1. The molecule has 172 valence electrons. The highest BCUT2D eigenvalue weighted by Crippen LogP contribution is 2.30. The highest BCUT2D eigenvalue weighted by atomic mass is 32.3. The number of carbonyl (C=O) groups is 2. The molecule has 0 saturated heterocycles. The lowest BCUT2D eigenvalue weighted by Gasteiger charge is -2.16. The zero-order chi connectivity index (χ0) is 23.9. The van der Waals surface area contributed by atoms with Crippen molar-refractivity contribution in [1.29, 1.82) is 0 Å². The number of rotatable bonds is 11. The summed E-state index contributed by atoms with van der Waals surface area (Å²) in [4.78, 5) is 26.4. The van der Waals surface area contributed by atoms with E-state index in [1.165, 1.54) is 6.07 Å². The molecular weight excluding hydrogens is 450 g/mol. The van der Waals surface area contributed by atoms with Crippen LogP contribution in [0.15, 0.2) is 35.4 Å². The van der Waals surface area contributed by atoms with Crippen LogP contribution in [0, 0.1) is 0 Å². The lowest BCUT2D eigenvalue weighted by Crippen LogP contribution is -2.26. The van der Waals surface area contributed by atoms with Crippen LogP contribution in [0.1, 0.15) is 35.7 Å². The van der Waals surface area contributed by atoms with Gasteiger partial charge in [-0.15, -0.1) is 0 Å². The normalized spacial score (nSPS) is 11.9. The fourth-order valence-electron chi connectivity index (χ4n) is 2.86. The van der Waals surface area contributed by atoms with E-state index < -0.39 is 45.8 Å². The van der Waals surface area contributed by atoms with Gasteiger partial charge in [0.15, 0.2) is 17.5 Å². The van der Waals surface area contributed by atoms with Crippen molar-refractivity contribution in [1.82, 2.24) is 9.88 Å². The number of nitrogens with zero attached hydrogens (tertiary/aromatic N) is 4. The van der Waals surface area contributed by atoms with E-state index in [1.807, 2.05) is 0 Å². The van der Waals surface area contributed by atoms with Gasteiger partial charge in [0.25, 0.3) is 5.91 Å². The van der Waals surface area contributed by atoms with Crippen LogP contribution in [0.2, 0.25) is 0 Å². The van der Waals surface area contributed by atoms with Crippen LogP contribution >= 0.6 is 0 Å². The van der Waals surface area contributed by atoms with E-state index in [0.717, 1.165) is 28.8 Å². The molecule has 32 heavy (non-hydrogen) atoms. The van der Waals surface area contributed by atoms with Gasteiger partial charge in [0.1, 0.15) is 6.04 Å². The summed E-state index contributed by atoms with van der Waals surface area (Å²) in [6.07, 6.45) is 0.640. The third-order valence-corrected chi connectivity index (χ3v) is 4.62. The van der Waals surface area contributed by atoms with Crippen molar-refractivity contribution in [2.45, 2.75) is 25.3 Å². The van der Waals surface area contributed by atoms with Gasteiger partial charge in [-0.05, 0) is 36.9 Å². The molecule has 1 aromatic carbocycles. The van der Waals surface area contributed by atoms with Crippen LogP contribution in [0.3, 0.4) is 0 Å². The molecule has 0 aliphatic heterocycles. The summed E-state index contributed by atoms with van der Waals surface area (Å²) in [5, 5.41) is 34.5. The number of aliphatic carboxylic acids is 1. The number of carboxylic acids is 1. The SMILES string of the molecule is [N-]=[N+]=Nc1ccc(C(=O)NCCCCC(C(=O)O)n2c(O)ccc2O)c(OS(=O)(=O)O)c1. The second kappa shape index (κ2) is 10.4. The minimum absolute atomic E-state index is 0.0407. The van der Waals surface area contributed by atoms with E-state index in [2.05, 4.69) is 19.5 Å². The van der Waals surface area contributed by atoms with Gasteiger partial charge in [-0.2, -0.15) is 8.42 Å². The van der Waals surface area contributed by atoms with E-state index in [4.69, 9.17) is 10.1 Å². The number of aromatic nitrogens is 1. The Balaban J connectivity index is 1.99. The predicted octanol–water partition coefficient (Wildman–Crippen LogP) is 2.25. The van der Waals surface area contributed by atoms with Crippen LogP contribution in [0.4, 0.5) is 5.69 Å². The Morgan fingerprint density at radius 3 is 2.41 bits per heavy atom. The van der Waals surface area contributed by atoms with Crippen molar-refractivity contribution in [3.8, 4) is 17.5 Å². The van der Waals surface area contributed by atoms with Crippen molar-refractivity contribution in [3.05, 3.63) is 46.3 Å². The molecule has 2 aromatic rings. The lowest BCUT2D eigenvalue weighted by atomic mass is 10.1. The highest BCUT2D eigenvalue weighted by molar-refractivity contribution is 7.81. The van der Waals surface area contributed by atoms with Gasteiger partial charge in [-0.3, -0.25) is 13.9 Å². The number of benzene rings is 1. The zero-order valence-corrected chi connectivity index (χ0v) is 17.1. The third kappa shape index (κ3) is 6.53. The van der Waals surface area contributed by atoms with Crippen molar-refractivity contribution in [2.24, 2.45) is 5.11 Å². The fraction of sp³-hybridized carbons (Fsp3) is 0.294. The monoisotopic (exact) mass is 469 g/mol. The molecule has 14 nitrogen and oxygen atoms in total. The number of hydrogen-bond donors (Lipinski definition) is 5. The number of azide groups is 1. The minimum Gasteiger partial charge on any atom is -0.494 e. The topological polar surface area (TPSA) is 224 Å². The Labute approximate surface area is 181 Å². The van der Waals surface area contributed by atoms with Crippen molar-refractivity contribution < 1.29 is 42.1 Å². The first-order chi connectivity index (χ1) is 15.0. The molecule has 1 atom stereocenters. The first kappa shape index (κ1) is 24.3. The van der Waals surface area contributed by atoms with Crippen LogP contribution < -0.4 is 9.50 Å². The van der Waals surface area contributed by atoms with Gasteiger partial charge < -0.3 is 24.8 Å². The Morgan fingerprint density at radius 2 is 1.84 bits per heavy atom. The molecule has 0 aliphatic rings. The van der Waals surface area contributed by atoms with Crippen LogP contribution in [-0.4, -0.2) is 51.3 Å². The number of carboxylic acid groups (broad SMARTS) is 1. The second-order valence-corrected chi connectivity index (χ2v) is 7.43. The Kier molecular flexibility index (Phi) is 7.90. The Morgan fingerprint density at radius 1 is 1.19 bits per heavy atom. The maximum Gasteiger partial charge on any atom is 0.446 e. The molecule has 1 heterocycles. The predicted molar refractivity (Wildman–Crippen MR) is 108 cm³/mol. The molecule has 5 N–H and O–H groups in total. The van der Waals surface area contributed by atoms with Crippen LogP contribution in [0.25, 0.3) is 10.4 Å². The van der Waals surface area contributed by atoms with Crippen molar-refractivity contribution >= 4 is 28.0 Å². The van der Waals surface area contributed by atoms with Gasteiger partial charge in [0.05, 0.1) is 5.56 Å². The summed E-state index contributed by atoms with van der Waals surface area (Å²) in [5.41, 5.74) is 8.14. The number of unbranched alkanes of at least 4 members (excludes halogenated alkanes) is 1.